The van der Waals surface area contributed by atoms with Crippen molar-refractivity contribution < 1.29 is 18.0 Å². The Morgan fingerprint density at radius 1 is 0.788 bits per heavy atom. The molecule has 0 N–H and O–H groups in total. The lowest BCUT2D eigenvalue weighted by Crippen LogP contribution is -2.35. The van der Waals surface area contributed by atoms with Gasteiger partial charge < -0.3 is 0 Å². The molecule has 0 aliphatic rings. The number of amides is 1. The minimum Gasteiger partial charge on any atom is -0.266 e. The molecule has 0 unspecified atom stereocenters. The SMILES string of the molecule is O=C(c1ccccc1)N(O[C@H](CS(=O)(=O)c1ccccc1)c1ccccn1)c1ccccc1. The van der Waals surface area contributed by atoms with Crippen molar-refractivity contribution in [3.63, 3.8) is 0 Å². The molecule has 0 aliphatic carbocycles. The van der Waals surface area contributed by atoms with Gasteiger partial charge in [-0.1, -0.05) is 60.7 Å². The van der Waals surface area contributed by atoms with E-state index in [1.165, 1.54) is 12.1 Å². The van der Waals surface area contributed by atoms with Gasteiger partial charge in [-0.15, -0.1) is 0 Å². The Kier molecular flexibility index (Phi) is 6.92. The van der Waals surface area contributed by atoms with Crippen molar-refractivity contribution in [2.45, 2.75) is 11.0 Å². The van der Waals surface area contributed by atoms with Crippen LogP contribution in [0.5, 0.6) is 0 Å². The highest BCUT2D eigenvalue weighted by Crippen LogP contribution is 2.27. The summed E-state index contributed by atoms with van der Waals surface area (Å²) in [6.07, 6.45) is 0.538. The van der Waals surface area contributed by atoms with Gasteiger partial charge in [0.25, 0.3) is 5.91 Å². The van der Waals surface area contributed by atoms with Gasteiger partial charge in [0.05, 0.1) is 22.0 Å². The van der Waals surface area contributed by atoms with Crippen molar-refractivity contribution in [3.05, 3.63) is 127 Å². The number of carbonyl (C=O) groups excluding carboxylic acids is 1. The van der Waals surface area contributed by atoms with Crippen molar-refractivity contribution in [1.29, 1.82) is 0 Å². The van der Waals surface area contributed by atoms with Gasteiger partial charge in [-0.05, 0) is 48.5 Å². The third-order valence-electron chi connectivity index (χ3n) is 4.92. The van der Waals surface area contributed by atoms with Crippen molar-refractivity contribution in [1.82, 2.24) is 4.98 Å². The number of hydroxylamine groups is 1. The normalized spacial score (nSPS) is 12.1. The maximum atomic E-state index is 13.4. The van der Waals surface area contributed by atoms with E-state index in [2.05, 4.69) is 4.98 Å². The zero-order valence-corrected chi connectivity index (χ0v) is 18.5. The zero-order chi connectivity index (χ0) is 23.1. The number of anilines is 1. The molecule has 0 saturated heterocycles. The van der Waals surface area contributed by atoms with Crippen LogP contribution >= 0.6 is 0 Å². The predicted octanol–water partition coefficient (Wildman–Crippen LogP) is 4.88. The van der Waals surface area contributed by atoms with Gasteiger partial charge in [-0.25, -0.2) is 8.42 Å². The first-order valence-corrected chi connectivity index (χ1v) is 12.0. The average molecular weight is 459 g/mol. The summed E-state index contributed by atoms with van der Waals surface area (Å²) in [7, 11) is -3.73. The molecule has 1 amide bonds. The Labute approximate surface area is 193 Å². The first kappa shape index (κ1) is 22.4. The molecule has 1 heterocycles. The lowest BCUT2D eigenvalue weighted by atomic mass is 10.2. The van der Waals surface area contributed by atoms with Gasteiger partial charge in [0.15, 0.2) is 9.84 Å². The van der Waals surface area contributed by atoms with E-state index >= 15 is 0 Å². The van der Waals surface area contributed by atoms with E-state index in [0.29, 0.717) is 16.9 Å². The fourth-order valence-electron chi connectivity index (χ4n) is 3.27. The Hall–Kier alpha value is -3.81. The van der Waals surface area contributed by atoms with E-state index in [1.54, 1.807) is 91.1 Å². The Morgan fingerprint density at radius 3 is 1.97 bits per heavy atom. The molecule has 3 aromatic carbocycles. The van der Waals surface area contributed by atoms with E-state index in [4.69, 9.17) is 4.84 Å². The summed E-state index contributed by atoms with van der Waals surface area (Å²) in [5.74, 6) is -0.806. The van der Waals surface area contributed by atoms with E-state index in [-0.39, 0.29) is 10.6 Å². The molecule has 0 fully saturated rings. The summed E-state index contributed by atoms with van der Waals surface area (Å²) >= 11 is 0. The van der Waals surface area contributed by atoms with Gasteiger partial charge in [-0.3, -0.25) is 14.6 Å². The van der Waals surface area contributed by atoms with Crippen LogP contribution in [0.15, 0.2) is 120 Å². The van der Waals surface area contributed by atoms with Crippen LogP contribution in [0.25, 0.3) is 0 Å². The van der Waals surface area contributed by atoms with E-state index < -0.39 is 21.8 Å². The van der Waals surface area contributed by atoms with Crippen molar-refractivity contribution >= 4 is 21.4 Å². The van der Waals surface area contributed by atoms with Crippen LogP contribution in [0.2, 0.25) is 0 Å². The molecule has 0 bridgehead atoms. The van der Waals surface area contributed by atoms with Crippen LogP contribution in [0.4, 0.5) is 5.69 Å². The number of hydrogen-bond donors (Lipinski definition) is 0. The maximum Gasteiger partial charge on any atom is 0.282 e. The number of pyridine rings is 1. The Bertz CT molecular complexity index is 1280. The largest absolute Gasteiger partial charge is 0.282 e. The van der Waals surface area contributed by atoms with Crippen LogP contribution in [0, 0.1) is 0 Å². The third-order valence-corrected chi connectivity index (χ3v) is 6.65. The lowest BCUT2D eigenvalue weighted by molar-refractivity contribution is 0.0341. The molecule has 166 valence electrons. The molecule has 0 radical (unpaired) electrons. The van der Waals surface area contributed by atoms with Gasteiger partial charge >= 0.3 is 0 Å². The summed E-state index contributed by atoms with van der Waals surface area (Å²) in [6.45, 7) is 0. The van der Waals surface area contributed by atoms with Gasteiger partial charge in [0.1, 0.15) is 6.10 Å². The van der Waals surface area contributed by atoms with Crippen LogP contribution in [-0.4, -0.2) is 25.1 Å². The predicted molar refractivity (Wildman–Crippen MR) is 126 cm³/mol. The number of carbonyl (C=O) groups is 1. The molecular weight excluding hydrogens is 436 g/mol. The van der Waals surface area contributed by atoms with Crippen molar-refractivity contribution in [2.75, 3.05) is 10.8 Å². The summed E-state index contributed by atoms with van der Waals surface area (Å²) in [6, 6.07) is 30.8. The monoisotopic (exact) mass is 458 g/mol. The average Bonchev–Trinajstić information content (AvgIpc) is 2.88. The maximum absolute atomic E-state index is 13.4. The topological polar surface area (TPSA) is 76.6 Å². The molecule has 1 atom stereocenters. The second-order valence-corrected chi connectivity index (χ2v) is 9.28. The second-order valence-electron chi connectivity index (χ2n) is 7.24. The molecule has 6 nitrogen and oxygen atoms in total. The van der Waals surface area contributed by atoms with E-state index in [1.807, 2.05) is 12.1 Å². The minimum atomic E-state index is -3.73. The molecule has 7 heteroatoms. The fraction of sp³-hybridized carbons (Fsp3) is 0.0769. The highest BCUT2D eigenvalue weighted by Gasteiger charge is 2.29. The molecule has 0 saturated carbocycles. The fourth-order valence-corrected chi connectivity index (χ4v) is 4.67. The number of sulfone groups is 1. The van der Waals surface area contributed by atoms with Gasteiger partial charge in [-0.2, -0.15) is 5.06 Å². The van der Waals surface area contributed by atoms with Crippen LogP contribution in [0.3, 0.4) is 0 Å². The molecule has 4 aromatic rings. The highest BCUT2D eigenvalue weighted by atomic mass is 32.2. The zero-order valence-electron chi connectivity index (χ0n) is 17.7. The number of benzene rings is 3. The van der Waals surface area contributed by atoms with Crippen LogP contribution < -0.4 is 5.06 Å². The summed E-state index contributed by atoms with van der Waals surface area (Å²) < 4.78 is 26.3. The molecule has 1 aromatic heterocycles. The Morgan fingerprint density at radius 2 is 1.36 bits per heavy atom. The first-order valence-electron chi connectivity index (χ1n) is 10.3. The van der Waals surface area contributed by atoms with Crippen molar-refractivity contribution in [3.8, 4) is 0 Å². The summed E-state index contributed by atoms with van der Waals surface area (Å²) in [5, 5.41) is 1.13. The molecule has 0 aliphatic heterocycles. The number of hydrogen-bond acceptors (Lipinski definition) is 5. The third kappa shape index (κ3) is 5.52. The van der Waals surface area contributed by atoms with Gasteiger partial charge in [0.2, 0.25) is 0 Å². The van der Waals surface area contributed by atoms with Gasteiger partial charge in [0, 0.05) is 11.8 Å². The minimum absolute atomic E-state index is 0.176. The molecule has 0 spiro atoms. The van der Waals surface area contributed by atoms with Crippen molar-refractivity contribution in [2.24, 2.45) is 0 Å². The first-order chi connectivity index (χ1) is 16.0. The number of aromatic nitrogens is 1. The highest BCUT2D eigenvalue weighted by molar-refractivity contribution is 7.91. The smallest absolute Gasteiger partial charge is 0.266 e. The molecule has 33 heavy (non-hydrogen) atoms. The lowest BCUT2D eigenvalue weighted by Gasteiger charge is -2.27. The number of nitrogens with zero attached hydrogens (tertiary/aromatic N) is 2. The quantitative estimate of drug-likeness (QED) is 0.352. The standard InChI is InChI=1S/C26H22N2O4S/c29-26(21-12-4-1-5-13-21)28(22-14-6-2-7-15-22)32-25(24-18-10-11-19-27-24)20-33(30,31)23-16-8-3-9-17-23/h1-19,25H,20H2/t25-/m1/s1. The van der Waals surface area contributed by atoms with Crippen LogP contribution in [0.1, 0.15) is 22.2 Å². The Balaban J connectivity index is 1.73. The van der Waals surface area contributed by atoms with E-state index in [9.17, 15) is 13.2 Å². The number of rotatable bonds is 8. The van der Waals surface area contributed by atoms with E-state index in [0.717, 1.165) is 5.06 Å². The van der Waals surface area contributed by atoms with Crippen LogP contribution in [-0.2, 0) is 14.7 Å². The summed E-state index contributed by atoms with van der Waals surface area (Å²) in [5.41, 5.74) is 1.29. The molecular formula is C26H22N2O4S. The number of para-hydroxylation sites is 1. The summed E-state index contributed by atoms with van der Waals surface area (Å²) in [4.78, 5) is 24.0. The second kappa shape index (κ2) is 10.2. The molecule has 4 rings (SSSR count).